The molecule has 24 heavy (non-hydrogen) atoms. The molecule has 1 saturated heterocycles. The molecule has 0 saturated carbocycles. The van der Waals surface area contributed by atoms with Crippen LogP contribution in [0.5, 0.6) is 0 Å². The van der Waals surface area contributed by atoms with Crippen LogP contribution in [-0.2, 0) is 13.1 Å². The Morgan fingerprint density at radius 1 is 0.958 bits per heavy atom. The molecule has 3 heterocycles. The first-order valence-electron chi connectivity index (χ1n) is 8.47. The van der Waals surface area contributed by atoms with Gasteiger partial charge in [0.1, 0.15) is 5.82 Å². The second-order valence-electron chi connectivity index (χ2n) is 6.20. The van der Waals surface area contributed by atoms with Crippen molar-refractivity contribution >= 4 is 11.5 Å². The highest BCUT2D eigenvalue weighted by Crippen LogP contribution is 2.17. The average Bonchev–Trinajstić information content (AvgIpc) is 3.10. The molecular weight excluding hydrogens is 302 g/mol. The SMILES string of the molecule is c1ccc(CN2CCCCC2)c(CNc2ccc3nnnn3n2)c1. The summed E-state index contributed by atoms with van der Waals surface area (Å²) in [4.78, 5) is 2.55. The summed E-state index contributed by atoms with van der Waals surface area (Å²) >= 11 is 0. The first-order valence-corrected chi connectivity index (χ1v) is 8.47. The normalized spacial score (nSPS) is 15.7. The molecule has 0 amide bonds. The van der Waals surface area contributed by atoms with E-state index < -0.39 is 0 Å². The van der Waals surface area contributed by atoms with Gasteiger partial charge in [-0.2, -0.15) is 0 Å². The highest BCUT2D eigenvalue weighted by Gasteiger charge is 2.12. The van der Waals surface area contributed by atoms with Crippen LogP contribution in [-0.4, -0.2) is 43.2 Å². The molecule has 0 spiro atoms. The number of benzene rings is 1. The van der Waals surface area contributed by atoms with Crippen molar-refractivity contribution in [3.05, 3.63) is 47.5 Å². The van der Waals surface area contributed by atoms with Crippen LogP contribution in [0.25, 0.3) is 5.65 Å². The molecular formula is C17H21N7. The van der Waals surface area contributed by atoms with E-state index in [4.69, 9.17) is 0 Å². The molecule has 0 aliphatic carbocycles. The van der Waals surface area contributed by atoms with E-state index in [-0.39, 0.29) is 0 Å². The molecule has 1 fully saturated rings. The van der Waals surface area contributed by atoms with Crippen LogP contribution >= 0.6 is 0 Å². The van der Waals surface area contributed by atoms with E-state index in [2.05, 4.69) is 55.1 Å². The van der Waals surface area contributed by atoms with Crippen molar-refractivity contribution in [1.29, 1.82) is 0 Å². The van der Waals surface area contributed by atoms with Gasteiger partial charge in [-0.15, -0.1) is 14.8 Å². The van der Waals surface area contributed by atoms with Crippen LogP contribution in [0.2, 0.25) is 0 Å². The Labute approximate surface area is 140 Å². The Morgan fingerprint density at radius 2 is 1.79 bits per heavy atom. The molecule has 1 aliphatic heterocycles. The fraction of sp³-hybridized carbons (Fsp3) is 0.412. The minimum absolute atomic E-state index is 0.644. The van der Waals surface area contributed by atoms with E-state index in [0.717, 1.165) is 18.9 Å². The molecule has 1 aliphatic rings. The summed E-state index contributed by atoms with van der Waals surface area (Å²) in [5, 5.41) is 19.0. The van der Waals surface area contributed by atoms with Gasteiger partial charge in [0.25, 0.3) is 0 Å². The number of fused-ring (bicyclic) bond motifs is 1. The summed E-state index contributed by atoms with van der Waals surface area (Å²) in [6, 6.07) is 12.4. The molecule has 4 rings (SSSR count). The van der Waals surface area contributed by atoms with Gasteiger partial charge in [0.2, 0.25) is 0 Å². The fourth-order valence-electron chi connectivity index (χ4n) is 3.17. The first-order chi connectivity index (χ1) is 11.9. The minimum atomic E-state index is 0.644. The van der Waals surface area contributed by atoms with Crippen molar-refractivity contribution in [3.8, 4) is 0 Å². The van der Waals surface area contributed by atoms with Crippen molar-refractivity contribution < 1.29 is 0 Å². The van der Waals surface area contributed by atoms with Crippen molar-refractivity contribution in [1.82, 2.24) is 30.2 Å². The third-order valence-electron chi connectivity index (χ3n) is 4.49. The van der Waals surface area contributed by atoms with E-state index >= 15 is 0 Å². The zero-order valence-electron chi connectivity index (χ0n) is 13.6. The maximum absolute atomic E-state index is 4.35. The third-order valence-corrected chi connectivity index (χ3v) is 4.49. The maximum atomic E-state index is 4.35. The van der Waals surface area contributed by atoms with Crippen molar-refractivity contribution in [2.24, 2.45) is 0 Å². The number of piperidine rings is 1. The summed E-state index contributed by atoms with van der Waals surface area (Å²) in [7, 11) is 0. The van der Waals surface area contributed by atoms with Crippen molar-refractivity contribution in [3.63, 3.8) is 0 Å². The van der Waals surface area contributed by atoms with Crippen LogP contribution < -0.4 is 5.32 Å². The molecule has 0 bridgehead atoms. The summed E-state index contributed by atoms with van der Waals surface area (Å²) in [6.45, 7) is 4.18. The Balaban J connectivity index is 1.45. The molecule has 3 aromatic rings. The van der Waals surface area contributed by atoms with Gasteiger partial charge >= 0.3 is 0 Å². The fourth-order valence-corrected chi connectivity index (χ4v) is 3.17. The monoisotopic (exact) mass is 323 g/mol. The molecule has 0 unspecified atom stereocenters. The van der Waals surface area contributed by atoms with Gasteiger partial charge in [-0.05, 0) is 59.6 Å². The molecule has 124 valence electrons. The number of hydrogen-bond acceptors (Lipinski definition) is 6. The van der Waals surface area contributed by atoms with Gasteiger partial charge < -0.3 is 5.32 Å². The lowest BCUT2D eigenvalue weighted by Crippen LogP contribution is -2.29. The predicted molar refractivity (Wildman–Crippen MR) is 91.5 cm³/mol. The van der Waals surface area contributed by atoms with Gasteiger partial charge in [-0.1, -0.05) is 30.7 Å². The van der Waals surface area contributed by atoms with Gasteiger partial charge in [0, 0.05) is 13.1 Å². The van der Waals surface area contributed by atoms with Gasteiger partial charge in [0.05, 0.1) is 0 Å². The van der Waals surface area contributed by atoms with Crippen molar-refractivity contribution in [2.45, 2.75) is 32.4 Å². The maximum Gasteiger partial charge on any atom is 0.200 e. The molecule has 1 aromatic carbocycles. The smallest absolute Gasteiger partial charge is 0.200 e. The highest BCUT2D eigenvalue weighted by atomic mass is 15.6. The number of hydrogen-bond donors (Lipinski definition) is 1. The number of tetrazole rings is 1. The molecule has 0 atom stereocenters. The second-order valence-corrected chi connectivity index (χ2v) is 6.20. The molecule has 7 nitrogen and oxygen atoms in total. The lowest BCUT2D eigenvalue weighted by molar-refractivity contribution is 0.220. The molecule has 2 aromatic heterocycles. The molecule has 1 N–H and O–H groups in total. The Hall–Kier alpha value is -2.54. The number of anilines is 1. The highest BCUT2D eigenvalue weighted by molar-refractivity contribution is 5.43. The number of rotatable bonds is 5. The van der Waals surface area contributed by atoms with Crippen molar-refractivity contribution in [2.75, 3.05) is 18.4 Å². The minimum Gasteiger partial charge on any atom is -0.364 e. The predicted octanol–water partition coefficient (Wildman–Crippen LogP) is 2.12. The standard InChI is InChI=1S/C17H21N7/c1-4-10-23(11-5-1)13-15-7-3-2-6-14(15)12-18-16-8-9-17-19-21-22-24(17)20-16/h2-3,6-9H,1,4-5,10-13H2,(H,18,20). The van der Waals surface area contributed by atoms with E-state index in [1.807, 2.05) is 12.1 Å². The summed E-state index contributed by atoms with van der Waals surface area (Å²) in [5.74, 6) is 0.766. The first kappa shape index (κ1) is 15.0. The second kappa shape index (κ2) is 6.92. The third kappa shape index (κ3) is 3.35. The molecule has 7 heteroatoms. The van der Waals surface area contributed by atoms with Crippen LogP contribution in [0.4, 0.5) is 5.82 Å². The number of likely N-dealkylation sites (tertiary alicyclic amines) is 1. The van der Waals surface area contributed by atoms with Crippen LogP contribution in [0.15, 0.2) is 36.4 Å². The Morgan fingerprint density at radius 3 is 2.67 bits per heavy atom. The molecule has 0 radical (unpaired) electrons. The van der Waals surface area contributed by atoms with E-state index in [0.29, 0.717) is 5.65 Å². The van der Waals surface area contributed by atoms with Crippen LogP contribution in [0.1, 0.15) is 30.4 Å². The van der Waals surface area contributed by atoms with E-state index in [1.54, 1.807) is 0 Å². The zero-order valence-corrected chi connectivity index (χ0v) is 13.6. The summed E-state index contributed by atoms with van der Waals surface area (Å²) < 4.78 is 1.43. The summed E-state index contributed by atoms with van der Waals surface area (Å²) in [5.41, 5.74) is 3.34. The van der Waals surface area contributed by atoms with Crippen LogP contribution in [0.3, 0.4) is 0 Å². The largest absolute Gasteiger partial charge is 0.364 e. The lowest BCUT2D eigenvalue weighted by atomic mass is 10.0. The Kier molecular flexibility index (Phi) is 4.33. The zero-order chi connectivity index (χ0) is 16.2. The Bertz CT molecular complexity index is 807. The quantitative estimate of drug-likeness (QED) is 0.775. The van der Waals surface area contributed by atoms with Gasteiger partial charge in [0.15, 0.2) is 5.65 Å². The van der Waals surface area contributed by atoms with E-state index in [9.17, 15) is 0 Å². The van der Waals surface area contributed by atoms with Gasteiger partial charge in [-0.3, -0.25) is 4.90 Å². The average molecular weight is 323 g/mol. The van der Waals surface area contributed by atoms with Crippen LogP contribution in [0, 0.1) is 0 Å². The topological polar surface area (TPSA) is 71.2 Å². The number of aromatic nitrogens is 5. The lowest BCUT2D eigenvalue weighted by Gasteiger charge is -2.27. The number of nitrogens with zero attached hydrogens (tertiary/aromatic N) is 6. The van der Waals surface area contributed by atoms with Gasteiger partial charge in [-0.25, -0.2) is 0 Å². The van der Waals surface area contributed by atoms with E-state index in [1.165, 1.54) is 48.1 Å². The number of nitrogens with one attached hydrogen (secondary N) is 1. The summed E-state index contributed by atoms with van der Waals surface area (Å²) in [6.07, 6.45) is 4.00.